The molecule has 1 aromatic carbocycles. The van der Waals surface area contributed by atoms with E-state index in [9.17, 15) is 0 Å². The summed E-state index contributed by atoms with van der Waals surface area (Å²) in [7, 11) is 0. The molecule has 0 aliphatic carbocycles. The Morgan fingerprint density at radius 2 is 2.10 bits per heavy atom. The molecule has 0 atom stereocenters. The average molecular weight is 466 g/mol. The number of thiazole rings is 1. The number of benzene rings is 1. The summed E-state index contributed by atoms with van der Waals surface area (Å²) in [6.45, 7) is 2.24. The van der Waals surface area contributed by atoms with Crippen LogP contribution in [0.1, 0.15) is 11.3 Å². The summed E-state index contributed by atoms with van der Waals surface area (Å²) in [6, 6.07) is 9.88. The highest BCUT2D eigenvalue weighted by Gasteiger charge is 2.15. The highest BCUT2D eigenvalue weighted by molar-refractivity contribution is 8.01. The van der Waals surface area contributed by atoms with E-state index >= 15 is 0 Å². The van der Waals surface area contributed by atoms with Gasteiger partial charge in [0.1, 0.15) is 23.0 Å². The van der Waals surface area contributed by atoms with Crippen molar-refractivity contribution in [1.29, 1.82) is 0 Å². The predicted octanol–water partition coefficient (Wildman–Crippen LogP) is 5.96. The van der Waals surface area contributed by atoms with Crippen molar-refractivity contribution < 1.29 is 4.74 Å². The van der Waals surface area contributed by atoms with Crippen LogP contribution in [0.15, 0.2) is 76.1 Å². The van der Waals surface area contributed by atoms with Crippen molar-refractivity contribution in [2.75, 3.05) is 0 Å². The molecule has 0 bridgehead atoms. The molecule has 0 saturated heterocycles. The molecule has 4 heterocycles. The number of pyridine rings is 2. The van der Waals surface area contributed by atoms with Crippen molar-refractivity contribution in [2.24, 2.45) is 0 Å². The largest absolute Gasteiger partial charge is 0.486 e. The lowest BCUT2D eigenvalue weighted by Gasteiger charge is -2.14. The first-order valence-corrected chi connectivity index (χ1v) is 11.5. The monoisotopic (exact) mass is 465 g/mol. The zero-order valence-electron chi connectivity index (χ0n) is 16.4. The second kappa shape index (κ2) is 8.66. The fraction of sp³-hybridized carbons (Fsp3) is 0.0909. The Morgan fingerprint density at radius 1 is 1.16 bits per heavy atom. The van der Waals surface area contributed by atoms with Crippen LogP contribution in [0.3, 0.4) is 0 Å². The maximum Gasteiger partial charge on any atom is 0.154 e. The molecule has 5 aromatic rings. The van der Waals surface area contributed by atoms with Gasteiger partial charge in [-0.2, -0.15) is 0 Å². The van der Waals surface area contributed by atoms with E-state index in [1.165, 1.54) is 0 Å². The number of aryl methyl sites for hydroxylation is 1. The first-order chi connectivity index (χ1) is 15.2. The first-order valence-electron chi connectivity index (χ1n) is 9.41. The molecule has 5 rings (SSSR count). The minimum atomic E-state index is 0.273. The number of ether oxygens (including phenoxy) is 1. The van der Waals surface area contributed by atoms with Crippen LogP contribution in [0.2, 0.25) is 5.15 Å². The van der Waals surface area contributed by atoms with E-state index in [1.807, 2.05) is 53.4 Å². The van der Waals surface area contributed by atoms with Crippen LogP contribution in [0.25, 0.3) is 16.6 Å². The van der Waals surface area contributed by atoms with Crippen LogP contribution in [-0.2, 0) is 6.61 Å². The summed E-state index contributed by atoms with van der Waals surface area (Å²) < 4.78 is 9.15. The fourth-order valence-corrected chi connectivity index (χ4v) is 5.21. The van der Waals surface area contributed by atoms with E-state index in [2.05, 4.69) is 15.0 Å². The predicted molar refractivity (Wildman–Crippen MR) is 123 cm³/mol. The van der Waals surface area contributed by atoms with Crippen molar-refractivity contribution in [3.63, 3.8) is 0 Å². The van der Waals surface area contributed by atoms with Gasteiger partial charge in [0.25, 0.3) is 0 Å². The number of para-hydroxylation sites is 1. The van der Waals surface area contributed by atoms with Gasteiger partial charge in [0.2, 0.25) is 0 Å². The molecular formula is C22H16ClN5OS2. The number of hydrogen-bond donors (Lipinski definition) is 0. The van der Waals surface area contributed by atoms with E-state index in [0.29, 0.717) is 10.9 Å². The smallest absolute Gasteiger partial charge is 0.154 e. The van der Waals surface area contributed by atoms with Crippen LogP contribution in [0, 0.1) is 6.92 Å². The number of rotatable bonds is 6. The normalized spacial score (nSPS) is 11.2. The number of aromatic nitrogens is 5. The van der Waals surface area contributed by atoms with Crippen LogP contribution in [-0.4, -0.2) is 24.5 Å². The topological polar surface area (TPSA) is 65.7 Å². The number of fused-ring (bicyclic) bond motifs is 1. The fourth-order valence-electron chi connectivity index (χ4n) is 3.24. The van der Waals surface area contributed by atoms with E-state index in [0.717, 1.165) is 37.1 Å². The van der Waals surface area contributed by atoms with Gasteiger partial charge < -0.3 is 9.30 Å². The van der Waals surface area contributed by atoms with Gasteiger partial charge in [0.15, 0.2) is 4.34 Å². The number of imidazole rings is 1. The van der Waals surface area contributed by atoms with Crippen molar-refractivity contribution in [1.82, 2.24) is 24.5 Å². The molecule has 9 heteroatoms. The highest BCUT2D eigenvalue weighted by Crippen LogP contribution is 2.35. The molecule has 0 radical (unpaired) electrons. The van der Waals surface area contributed by atoms with E-state index in [4.69, 9.17) is 21.3 Å². The molecule has 0 spiro atoms. The molecule has 31 heavy (non-hydrogen) atoms. The van der Waals surface area contributed by atoms with Gasteiger partial charge in [-0.3, -0.25) is 0 Å². The van der Waals surface area contributed by atoms with Crippen LogP contribution in [0.4, 0.5) is 0 Å². The Labute approximate surface area is 191 Å². The summed E-state index contributed by atoms with van der Waals surface area (Å²) in [5, 5.41) is 3.35. The van der Waals surface area contributed by atoms with Gasteiger partial charge in [-0.1, -0.05) is 35.5 Å². The molecule has 0 N–H and O–H groups in total. The van der Waals surface area contributed by atoms with Crippen molar-refractivity contribution in [3.05, 3.63) is 83.2 Å². The van der Waals surface area contributed by atoms with Crippen molar-refractivity contribution in [3.8, 4) is 11.4 Å². The molecular weight excluding hydrogens is 450 g/mol. The Kier molecular flexibility index (Phi) is 5.59. The molecule has 0 fully saturated rings. The van der Waals surface area contributed by atoms with Crippen LogP contribution < -0.4 is 4.74 Å². The van der Waals surface area contributed by atoms with Gasteiger partial charge in [0, 0.05) is 51.7 Å². The minimum absolute atomic E-state index is 0.273. The Balaban J connectivity index is 1.50. The first kappa shape index (κ1) is 20.0. The number of nitrogens with zero attached hydrogens (tertiary/aromatic N) is 5. The molecule has 0 unspecified atom stereocenters. The summed E-state index contributed by atoms with van der Waals surface area (Å²) in [6.07, 6.45) is 8.93. The third-order valence-corrected chi connectivity index (χ3v) is 6.94. The summed E-state index contributed by atoms with van der Waals surface area (Å²) in [5.74, 6) is 0.688. The maximum absolute atomic E-state index is 6.42. The molecule has 0 aliphatic rings. The zero-order chi connectivity index (χ0) is 21.2. The molecule has 0 aliphatic heterocycles. The zero-order valence-corrected chi connectivity index (χ0v) is 18.8. The van der Waals surface area contributed by atoms with Gasteiger partial charge in [-0.05, 0) is 25.1 Å². The standard InChI is InChI=1S/C22H16ClN5OS2/c1-14-11-17(28-9-7-24-13-28)15-3-2-4-18(20(15)27-14)29-12-16-19(5-6-25-21(16)23)31-22-26-8-10-30-22/h2-11,13H,12H2,1H3. The summed E-state index contributed by atoms with van der Waals surface area (Å²) in [4.78, 5) is 18.5. The second-order valence-electron chi connectivity index (χ2n) is 6.67. The Bertz CT molecular complexity index is 1340. The summed E-state index contributed by atoms with van der Waals surface area (Å²) >= 11 is 9.56. The van der Waals surface area contributed by atoms with Gasteiger partial charge >= 0.3 is 0 Å². The van der Waals surface area contributed by atoms with Gasteiger partial charge in [0.05, 0.1) is 12.0 Å². The quantitative estimate of drug-likeness (QED) is 0.288. The van der Waals surface area contributed by atoms with E-state index < -0.39 is 0 Å². The van der Waals surface area contributed by atoms with Crippen molar-refractivity contribution >= 4 is 45.6 Å². The lowest BCUT2D eigenvalue weighted by atomic mass is 10.1. The maximum atomic E-state index is 6.42. The molecule has 154 valence electrons. The molecule has 4 aromatic heterocycles. The minimum Gasteiger partial charge on any atom is -0.486 e. The number of halogens is 1. The van der Waals surface area contributed by atoms with Crippen LogP contribution in [0.5, 0.6) is 5.75 Å². The highest BCUT2D eigenvalue weighted by atomic mass is 35.5. The molecule has 6 nitrogen and oxygen atoms in total. The van der Waals surface area contributed by atoms with Crippen LogP contribution >= 0.6 is 34.7 Å². The molecule has 0 saturated carbocycles. The average Bonchev–Trinajstić information content (AvgIpc) is 3.47. The lowest BCUT2D eigenvalue weighted by Crippen LogP contribution is -2.02. The second-order valence-corrected chi connectivity index (χ2v) is 9.21. The summed E-state index contributed by atoms with van der Waals surface area (Å²) in [5.41, 5.74) is 3.51. The third kappa shape index (κ3) is 4.14. The SMILES string of the molecule is Cc1cc(-n2ccnc2)c2cccc(OCc3c(Sc4nccs4)ccnc3Cl)c2n1. The van der Waals surface area contributed by atoms with E-state index in [1.54, 1.807) is 48.0 Å². The lowest BCUT2D eigenvalue weighted by molar-refractivity contribution is 0.306. The van der Waals surface area contributed by atoms with E-state index in [-0.39, 0.29) is 6.61 Å². The Morgan fingerprint density at radius 3 is 2.90 bits per heavy atom. The Hall–Kier alpha value is -2.94. The van der Waals surface area contributed by atoms with Crippen molar-refractivity contribution in [2.45, 2.75) is 22.8 Å². The molecule has 0 amide bonds. The third-order valence-electron chi connectivity index (χ3n) is 4.63. The number of hydrogen-bond acceptors (Lipinski definition) is 7. The van der Waals surface area contributed by atoms with Gasteiger partial charge in [-0.25, -0.2) is 19.9 Å². The van der Waals surface area contributed by atoms with Gasteiger partial charge in [-0.15, -0.1) is 11.3 Å².